The summed E-state index contributed by atoms with van der Waals surface area (Å²) in [7, 11) is 0. The Labute approximate surface area is 139 Å². The maximum atomic E-state index is 11.9. The third-order valence-electron chi connectivity index (χ3n) is 2.89. The van der Waals surface area contributed by atoms with E-state index in [4.69, 9.17) is 27.9 Å². The number of carbonyl (C=O) groups is 1. The fraction of sp³-hybridized carbons (Fsp3) is 0.118. The molecule has 1 N–H and O–H groups in total. The molecule has 2 aromatic carbocycles. The van der Waals surface area contributed by atoms with Gasteiger partial charge in [-0.3, -0.25) is 4.79 Å². The second-order valence-corrected chi connectivity index (χ2v) is 5.38. The SMILES string of the molecule is C=CCNC(=O)c1cccc(OCc2ccc(Cl)c(Cl)c2)c1. The maximum Gasteiger partial charge on any atom is 0.251 e. The Bertz CT molecular complexity index is 686. The van der Waals surface area contributed by atoms with Gasteiger partial charge in [0.15, 0.2) is 0 Å². The van der Waals surface area contributed by atoms with Gasteiger partial charge in [-0.05, 0) is 35.9 Å². The molecule has 3 nitrogen and oxygen atoms in total. The monoisotopic (exact) mass is 335 g/mol. The average molecular weight is 336 g/mol. The molecule has 5 heteroatoms. The predicted molar refractivity (Wildman–Crippen MR) is 89.8 cm³/mol. The Hall–Kier alpha value is -1.97. The van der Waals surface area contributed by atoms with Crippen LogP contribution in [0, 0.1) is 0 Å². The first kappa shape index (κ1) is 16.4. The molecule has 2 rings (SSSR count). The molecule has 1 amide bonds. The van der Waals surface area contributed by atoms with Gasteiger partial charge in [-0.1, -0.05) is 41.4 Å². The number of halogens is 2. The van der Waals surface area contributed by atoms with Crippen molar-refractivity contribution in [2.24, 2.45) is 0 Å². The van der Waals surface area contributed by atoms with Crippen molar-refractivity contribution in [2.45, 2.75) is 6.61 Å². The zero-order valence-corrected chi connectivity index (χ0v) is 13.3. The van der Waals surface area contributed by atoms with E-state index in [9.17, 15) is 4.79 Å². The molecule has 0 aromatic heterocycles. The lowest BCUT2D eigenvalue weighted by molar-refractivity contribution is 0.0957. The highest BCUT2D eigenvalue weighted by molar-refractivity contribution is 6.42. The Morgan fingerprint density at radius 1 is 1.18 bits per heavy atom. The lowest BCUT2D eigenvalue weighted by Gasteiger charge is -2.09. The second-order valence-electron chi connectivity index (χ2n) is 4.56. The Morgan fingerprint density at radius 2 is 2.00 bits per heavy atom. The highest BCUT2D eigenvalue weighted by atomic mass is 35.5. The standard InChI is InChI=1S/C17H15Cl2NO2/c1-2-8-20-17(21)13-4-3-5-14(10-13)22-11-12-6-7-15(18)16(19)9-12/h2-7,9-10H,1,8,11H2,(H,20,21). The van der Waals surface area contributed by atoms with Crippen LogP contribution in [-0.2, 0) is 6.61 Å². The predicted octanol–water partition coefficient (Wildman–Crippen LogP) is 4.49. The van der Waals surface area contributed by atoms with Crippen molar-refractivity contribution < 1.29 is 9.53 Å². The molecule has 0 unspecified atom stereocenters. The lowest BCUT2D eigenvalue weighted by Crippen LogP contribution is -2.23. The second kappa shape index (κ2) is 7.87. The van der Waals surface area contributed by atoms with Crippen molar-refractivity contribution in [3.05, 3.63) is 76.3 Å². The van der Waals surface area contributed by atoms with Crippen LogP contribution in [0.3, 0.4) is 0 Å². The summed E-state index contributed by atoms with van der Waals surface area (Å²) in [4.78, 5) is 11.9. The molecule has 0 aliphatic heterocycles. The largest absolute Gasteiger partial charge is 0.489 e. The Balaban J connectivity index is 2.02. The van der Waals surface area contributed by atoms with Crippen molar-refractivity contribution in [1.29, 1.82) is 0 Å². The van der Waals surface area contributed by atoms with E-state index in [2.05, 4.69) is 11.9 Å². The molecule has 0 saturated heterocycles. The molecule has 114 valence electrons. The Morgan fingerprint density at radius 3 is 2.73 bits per heavy atom. The van der Waals surface area contributed by atoms with E-state index >= 15 is 0 Å². The molecule has 0 atom stereocenters. The molecule has 0 aliphatic rings. The number of benzene rings is 2. The van der Waals surface area contributed by atoms with E-state index in [1.807, 2.05) is 6.07 Å². The molecule has 0 heterocycles. The van der Waals surface area contributed by atoms with Crippen molar-refractivity contribution in [2.75, 3.05) is 6.54 Å². The number of nitrogens with one attached hydrogen (secondary N) is 1. The first-order chi connectivity index (χ1) is 10.6. The van der Waals surface area contributed by atoms with E-state index in [0.29, 0.717) is 34.5 Å². The van der Waals surface area contributed by atoms with Gasteiger partial charge in [-0.2, -0.15) is 0 Å². The van der Waals surface area contributed by atoms with Crippen molar-refractivity contribution in [3.63, 3.8) is 0 Å². The first-order valence-electron chi connectivity index (χ1n) is 6.66. The molecular weight excluding hydrogens is 321 g/mol. The van der Waals surface area contributed by atoms with Gasteiger partial charge < -0.3 is 10.1 Å². The maximum absolute atomic E-state index is 11.9. The fourth-order valence-corrected chi connectivity index (χ4v) is 2.11. The van der Waals surface area contributed by atoms with E-state index in [1.165, 1.54) is 0 Å². The molecule has 0 spiro atoms. The number of ether oxygens (including phenoxy) is 1. The molecular formula is C17H15Cl2NO2. The van der Waals surface area contributed by atoms with Crippen LogP contribution < -0.4 is 10.1 Å². The molecule has 0 fully saturated rings. The first-order valence-corrected chi connectivity index (χ1v) is 7.41. The van der Waals surface area contributed by atoms with Gasteiger partial charge >= 0.3 is 0 Å². The number of carbonyl (C=O) groups excluding carboxylic acids is 1. The summed E-state index contributed by atoms with van der Waals surface area (Å²) in [5, 5.41) is 3.71. The number of amides is 1. The molecule has 0 bridgehead atoms. The summed E-state index contributed by atoms with van der Waals surface area (Å²) in [6, 6.07) is 12.3. The summed E-state index contributed by atoms with van der Waals surface area (Å²) in [5.74, 6) is 0.442. The number of rotatable bonds is 6. The summed E-state index contributed by atoms with van der Waals surface area (Å²) in [6.07, 6.45) is 1.63. The third kappa shape index (κ3) is 4.52. The fourth-order valence-electron chi connectivity index (χ4n) is 1.79. The zero-order chi connectivity index (χ0) is 15.9. The van der Waals surface area contributed by atoms with Crippen LogP contribution in [0.4, 0.5) is 0 Å². The van der Waals surface area contributed by atoms with E-state index < -0.39 is 0 Å². The van der Waals surface area contributed by atoms with Crippen LogP contribution in [0.2, 0.25) is 10.0 Å². The van der Waals surface area contributed by atoms with Gasteiger partial charge in [-0.25, -0.2) is 0 Å². The highest BCUT2D eigenvalue weighted by Crippen LogP contribution is 2.23. The van der Waals surface area contributed by atoms with E-state index in [-0.39, 0.29) is 5.91 Å². The minimum Gasteiger partial charge on any atom is -0.489 e. The summed E-state index contributed by atoms with van der Waals surface area (Å²) >= 11 is 11.8. The molecule has 2 aromatic rings. The summed E-state index contributed by atoms with van der Waals surface area (Å²) in [5.41, 5.74) is 1.43. The van der Waals surface area contributed by atoms with Gasteiger partial charge in [0.2, 0.25) is 0 Å². The molecule has 0 radical (unpaired) electrons. The normalized spacial score (nSPS) is 10.1. The summed E-state index contributed by atoms with van der Waals surface area (Å²) < 4.78 is 5.68. The van der Waals surface area contributed by atoms with Gasteiger partial charge in [-0.15, -0.1) is 6.58 Å². The van der Waals surface area contributed by atoms with Gasteiger partial charge in [0.1, 0.15) is 12.4 Å². The smallest absolute Gasteiger partial charge is 0.251 e. The van der Waals surface area contributed by atoms with Crippen LogP contribution in [0.1, 0.15) is 15.9 Å². The van der Waals surface area contributed by atoms with Crippen LogP contribution in [-0.4, -0.2) is 12.5 Å². The molecule has 0 aliphatic carbocycles. The van der Waals surface area contributed by atoms with Crippen molar-refractivity contribution in [1.82, 2.24) is 5.32 Å². The van der Waals surface area contributed by atoms with Crippen molar-refractivity contribution >= 4 is 29.1 Å². The van der Waals surface area contributed by atoms with Crippen LogP contribution >= 0.6 is 23.2 Å². The van der Waals surface area contributed by atoms with Crippen LogP contribution in [0.5, 0.6) is 5.75 Å². The minimum atomic E-state index is -0.167. The third-order valence-corrected chi connectivity index (χ3v) is 3.63. The van der Waals surface area contributed by atoms with E-state index in [0.717, 1.165) is 5.56 Å². The zero-order valence-electron chi connectivity index (χ0n) is 11.8. The topological polar surface area (TPSA) is 38.3 Å². The Kier molecular flexibility index (Phi) is 5.87. The lowest BCUT2D eigenvalue weighted by atomic mass is 10.2. The van der Waals surface area contributed by atoms with Gasteiger partial charge in [0, 0.05) is 12.1 Å². The van der Waals surface area contributed by atoms with E-state index in [1.54, 1.807) is 42.5 Å². The van der Waals surface area contributed by atoms with Gasteiger partial charge in [0.25, 0.3) is 5.91 Å². The van der Waals surface area contributed by atoms with Crippen LogP contribution in [0.25, 0.3) is 0 Å². The average Bonchev–Trinajstić information content (AvgIpc) is 2.54. The number of hydrogen-bond donors (Lipinski definition) is 1. The number of hydrogen-bond acceptors (Lipinski definition) is 2. The molecule has 22 heavy (non-hydrogen) atoms. The van der Waals surface area contributed by atoms with Crippen LogP contribution in [0.15, 0.2) is 55.1 Å². The quantitative estimate of drug-likeness (QED) is 0.790. The molecule has 0 saturated carbocycles. The summed E-state index contributed by atoms with van der Waals surface area (Å²) in [6.45, 7) is 4.33. The minimum absolute atomic E-state index is 0.167. The highest BCUT2D eigenvalue weighted by Gasteiger charge is 2.06. The van der Waals surface area contributed by atoms with Crippen molar-refractivity contribution in [3.8, 4) is 5.75 Å². The van der Waals surface area contributed by atoms with Gasteiger partial charge in [0.05, 0.1) is 10.0 Å².